The predicted molar refractivity (Wildman–Crippen MR) is 132 cm³/mol. The van der Waals surface area contributed by atoms with Gasteiger partial charge >= 0.3 is 5.97 Å². The summed E-state index contributed by atoms with van der Waals surface area (Å²) in [5.41, 5.74) is 3.12. The highest BCUT2D eigenvalue weighted by molar-refractivity contribution is 7.77. The molecule has 5 heteroatoms. The summed E-state index contributed by atoms with van der Waals surface area (Å²) < 4.78 is 2.07. The number of carboxylic acid groups (broad SMARTS) is 1. The van der Waals surface area contributed by atoms with E-state index >= 15 is 0 Å². The topological polar surface area (TPSA) is 40.5 Å². The van der Waals surface area contributed by atoms with Gasteiger partial charge in [0.25, 0.3) is 0 Å². The van der Waals surface area contributed by atoms with E-state index in [0.717, 1.165) is 49.2 Å². The summed E-state index contributed by atoms with van der Waals surface area (Å²) in [5, 5.41) is 10.1. The number of benzene rings is 1. The smallest absolute Gasteiger partial charge is 0.337 e. The van der Waals surface area contributed by atoms with Gasteiger partial charge in [-0.3, -0.25) is 4.31 Å². The van der Waals surface area contributed by atoms with E-state index in [4.69, 9.17) is 12.8 Å². The van der Waals surface area contributed by atoms with Gasteiger partial charge in [0.15, 0.2) is 0 Å². The lowest BCUT2D eigenvalue weighted by Crippen LogP contribution is -2.27. The Morgan fingerprint density at radius 2 is 1.97 bits per heavy atom. The highest BCUT2D eigenvalue weighted by Crippen LogP contribution is 2.46. The number of aryl methyl sites for hydroxylation is 1. The van der Waals surface area contributed by atoms with Crippen LogP contribution in [0.15, 0.2) is 54.6 Å². The van der Waals surface area contributed by atoms with Crippen LogP contribution in [0.4, 0.5) is 0 Å². The first kappa shape index (κ1) is 22.4. The number of thiol groups is 1. The Morgan fingerprint density at radius 1 is 1.23 bits per heavy atom. The minimum atomic E-state index is -0.779. The summed E-state index contributed by atoms with van der Waals surface area (Å²) in [6.07, 6.45) is 12.4. The molecule has 0 aliphatic heterocycles. The molecule has 1 N–H and O–H groups in total. The van der Waals surface area contributed by atoms with Gasteiger partial charge in [-0.1, -0.05) is 81.3 Å². The maximum atomic E-state index is 12.3. The Balaban J connectivity index is 1.54. The van der Waals surface area contributed by atoms with Crippen molar-refractivity contribution < 1.29 is 9.90 Å². The van der Waals surface area contributed by atoms with Gasteiger partial charge in [-0.05, 0) is 42.2 Å². The third-order valence-electron chi connectivity index (χ3n) is 6.49. The SMILES string of the molecule is CC1(C)CCc2sc(C3C=CC=CC3CN(S)CCc3ccccc3)c(C(=O)O)c2C1. The fraction of sp³-hybridized carbons (Fsp3) is 0.423. The minimum absolute atomic E-state index is 0.0844. The van der Waals surface area contributed by atoms with Crippen molar-refractivity contribution in [3.63, 3.8) is 0 Å². The molecule has 164 valence electrons. The van der Waals surface area contributed by atoms with E-state index in [2.05, 4.69) is 66.7 Å². The molecule has 0 saturated carbocycles. The molecule has 2 aliphatic carbocycles. The molecule has 0 amide bonds. The van der Waals surface area contributed by atoms with Crippen molar-refractivity contribution >= 4 is 30.1 Å². The summed E-state index contributed by atoms with van der Waals surface area (Å²) >= 11 is 6.48. The van der Waals surface area contributed by atoms with Gasteiger partial charge in [-0.25, -0.2) is 4.79 Å². The van der Waals surface area contributed by atoms with Gasteiger partial charge < -0.3 is 5.11 Å². The standard InChI is InChI=1S/C26H31NO2S2/c1-26(2)14-12-22-21(16-26)23(25(28)29)24(31-22)20-11-7-6-10-19(20)17-27(30)15-13-18-8-4-3-5-9-18/h3-11,19-20,30H,12-17H2,1-2H3,(H,28,29). The lowest BCUT2D eigenvalue weighted by Gasteiger charge is -2.30. The Kier molecular flexibility index (Phi) is 6.75. The molecule has 1 heterocycles. The van der Waals surface area contributed by atoms with Crippen molar-refractivity contribution in [2.75, 3.05) is 13.1 Å². The number of allylic oxidation sites excluding steroid dienone is 3. The third kappa shape index (κ3) is 5.16. The second kappa shape index (κ2) is 9.35. The summed E-state index contributed by atoms with van der Waals surface area (Å²) in [6.45, 7) is 6.14. The Morgan fingerprint density at radius 3 is 2.71 bits per heavy atom. The van der Waals surface area contributed by atoms with Crippen LogP contribution in [0.3, 0.4) is 0 Å². The minimum Gasteiger partial charge on any atom is -0.478 e. The maximum Gasteiger partial charge on any atom is 0.337 e. The number of nitrogens with zero attached hydrogens (tertiary/aromatic N) is 1. The van der Waals surface area contributed by atoms with E-state index in [1.165, 1.54) is 10.4 Å². The molecule has 4 rings (SSSR count). The van der Waals surface area contributed by atoms with Crippen LogP contribution in [0.1, 0.15) is 57.4 Å². The van der Waals surface area contributed by atoms with Crippen LogP contribution in [0.5, 0.6) is 0 Å². The highest BCUT2D eigenvalue weighted by atomic mass is 32.1. The van der Waals surface area contributed by atoms with E-state index in [0.29, 0.717) is 5.56 Å². The summed E-state index contributed by atoms with van der Waals surface area (Å²) in [7, 11) is 0. The second-order valence-corrected chi connectivity index (χ2v) is 11.2. The van der Waals surface area contributed by atoms with Crippen molar-refractivity contribution in [3.8, 4) is 0 Å². The van der Waals surface area contributed by atoms with E-state index in [1.807, 2.05) is 6.07 Å². The Hall–Kier alpha value is -1.82. The third-order valence-corrected chi connectivity index (χ3v) is 8.25. The van der Waals surface area contributed by atoms with Gasteiger partial charge in [-0.15, -0.1) is 11.3 Å². The molecule has 0 radical (unpaired) electrons. The van der Waals surface area contributed by atoms with E-state index in [-0.39, 0.29) is 17.3 Å². The number of thiophene rings is 1. The summed E-state index contributed by atoms with van der Waals surface area (Å²) in [6, 6.07) is 10.5. The van der Waals surface area contributed by atoms with E-state index in [9.17, 15) is 9.90 Å². The summed E-state index contributed by atoms with van der Waals surface area (Å²) in [5.74, 6) is -0.482. The molecule has 2 atom stereocenters. The first-order valence-corrected chi connectivity index (χ1v) is 12.3. The van der Waals surface area contributed by atoms with Crippen molar-refractivity contribution in [1.82, 2.24) is 4.31 Å². The monoisotopic (exact) mass is 453 g/mol. The van der Waals surface area contributed by atoms with Gasteiger partial charge in [-0.2, -0.15) is 0 Å². The number of carboxylic acids is 1. The zero-order valence-electron chi connectivity index (χ0n) is 18.3. The number of hydrogen-bond acceptors (Lipinski definition) is 4. The van der Waals surface area contributed by atoms with Crippen LogP contribution in [0.2, 0.25) is 0 Å². The van der Waals surface area contributed by atoms with Crippen molar-refractivity contribution in [3.05, 3.63) is 81.1 Å². The molecular formula is C26H31NO2S2. The van der Waals surface area contributed by atoms with Crippen LogP contribution in [-0.2, 0) is 19.3 Å². The fourth-order valence-electron chi connectivity index (χ4n) is 4.76. The first-order chi connectivity index (χ1) is 14.8. The lowest BCUT2D eigenvalue weighted by molar-refractivity contribution is 0.0693. The lowest BCUT2D eigenvalue weighted by atomic mass is 9.75. The van der Waals surface area contributed by atoms with Crippen LogP contribution in [-0.4, -0.2) is 28.5 Å². The molecule has 0 fully saturated rings. The van der Waals surface area contributed by atoms with Gasteiger partial charge in [0.2, 0.25) is 0 Å². The van der Waals surface area contributed by atoms with E-state index in [1.54, 1.807) is 11.3 Å². The molecule has 2 aromatic rings. The molecule has 0 spiro atoms. The number of aromatic carboxylic acids is 1. The average molecular weight is 454 g/mol. The maximum absolute atomic E-state index is 12.3. The van der Waals surface area contributed by atoms with Crippen molar-refractivity contribution in [1.29, 1.82) is 0 Å². The Bertz CT molecular complexity index is 990. The number of rotatable bonds is 7. The largest absolute Gasteiger partial charge is 0.478 e. The first-order valence-electron chi connectivity index (χ1n) is 11.0. The van der Waals surface area contributed by atoms with Crippen molar-refractivity contribution in [2.45, 2.75) is 45.4 Å². The van der Waals surface area contributed by atoms with E-state index < -0.39 is 5.97 Å². The average Bonchev–Trinajstić information content (AvgIpc) is 3.11. The normalized spacial score (nSPS) is 21.9. The van der Waals surface area contributed by atoms with Crippen LogP contribution >= 0.6 is 24.2 Å². The number of carbonyl (C=O) groups is 1. The van der Waals surface area contributed by atoms with Gasteiger partial charge in [0.05, 0.1) is 5.56 Å². The van der Waals surface area contributed by atoms with Gasteiger partial charge in [0, 0.05) is 34.7 Å². The molecule has 2 aliphatic rings. The zero-order valence-corrected chi connectivity index (χ0v) is 20.0. The molecule has 0 saturated heterocycles. The Labute approximate surface area is 195 Å². The number of hydrogen-bond donors (Lipinski definition) is 2. The fourth-order valence-corrected chi connectivity index (χ4v) is 6.51. The zero-order chi connectivity index (χ0) is 22.0. The van der Waals surface area contributed by atoms with Crippen LogP contribution < -0.4 is 0 Å². The molecule has 3 nitrogen and oxygen atoms in total. The number of fused-ring (bicyclic) bond motifs is 1. The molecular weight excluding hydrogens is 422 g/mol. The second-order valence-electron chi connectivity index (χ2n) is 9.50. The quantitative estimate of drug-likeness (QED) is 0.492. The molecule has 2 unspecified atom stereocenters. The van der Waals surface area contributed by atoms with Crippen LogP contribution in [0, 0.1) is 11.3 Å². The highest BCUT2D eigenvalue weighted by Gasteiger charge is 2.36. The molecule has 1 aromatic heterocycles. The molecule has 1 aromatic carbocycles. The van der Waals surface area contributed by atoms with Crippen LogP contribution in [0.25, 0.3) is 0 Å². The van der Waals surface area contributed by atoms with Gasteiger partial charge in [0.1, 0.15) is 0 Å². The van der Waals surface area contributed by atoms with Crippen molar-refractivity contribution in [2.24, 2.45) is 11.3 Å². The molecule has 0 bridgehead atoms. The molecule has 31 heavy (non-hydrogen) atoms. The predicted octanol–water partition coefficient (Wildman–Crippen LogP) is 6.18. The summed E-state index contributed by atoms with van der Waals surface area (Å²) in [4.78, 5) is 14.6.